The van der Waals surface area contributed by atoms with Crippen LogP contribution < -0.4 is 15.0 Å². The number of amides is 3. The predicted octanol–water partition coefficient (Wildman–Crippen LogP) is 0.241. The minimum absolute atomic E-state index is 0.0119. The van der Waals surface area contributed by atoms with Crippen LogP contribution in [0.1, 0.15) is 6.42 Å². The van der Waals surface area contributed by atoms with Crippen LogP contribution in [0.2, 0.25) is 0 Å². The molecule has 1 atom stereocenters. The summed E-state index contributed by atoms with van der Waals surface area (Å²) in [6.45, 7) is 0.775. The molecule has 1 unspecified atom stereocenters. The van der Waals surface area contributed by atoms with E-state index in [4.69, 9.17) is 4.74 Å². The largest absolute Gasteiger partial charge is 0.497 e. The van der Waals surface area contributed by atoms with Gasteiger partial charge in [0.25, 0.3) is 0 Å². The van der Waals surface area contributed by atoms with Crippen LogP contribution in [0.4, 0.5) is 10.5 Å². The van der Waals surface area contributed by atoms with Crippen molar-refractivity contribution >= 4 is 27.5 Å². The number of urea groups is 1. The summed E-state index contributed by atoms with van der Waals surface area (Å²) in [7, 11) is -1.45. The van der Waals surface area contributed by atoms with E-state index < -0.39 is 9.84 Å². The van der Waals surface area contributed by atoms with Crippen LogP contribution in [0.25, 0.3) is 0 Å². The molecule has 136 valence electrons. The van der Waals surface area contributed by atoms with E-state index in [-0.39, 0.29) is 49.0 Å². The Balaban J connectivity index is 1.58. The maximum absolute atomic E-state index is 12.3. The Morgan fingerprint density at radius 2 is 1.84 bits per heavy atom. The molecule has 9 heteroatoms. The molecular weight excluding hydrogens is 346 g/mol. The first-order valence-electron chi connectivity index (χ1n) is 8.08. The second-order valence-electron chi connectivity index (χ2n) is 6.19. The van der Waals surface area contributed by atoms with Gasteiger partial charge in [0, 0.05) is 31.7 Å². The minimum atomic E-state index is -3.03. The molecule has 2 heterocycles. The van der Waals surface area contributed by atoms with Crippen LogP contribution in [0, 0.1) is 0 Å². The first-order valence-corrected chi connectivity index (χ1v) is 9.90. The van der Waals surface area contributed by atoms with Crippen LogP contribution in [0.3, 0.4) is 0 Å². The van der Waals surface area contributed by atoms with Crippen LogP contribution in [-0.2, 0) is 14.6 Å². The molecule has 0 spiro atoms. The van der Waals surface area contributed by atoms with E-state index in [0.717, 1.165) is 5.69 Å². The van der Waals surface area contributed by atoms with Gasteiger partial charge in [-0.3, -0.25) is 4.79 Å². The zero-order valence-corrected chi connectivity index (χ0v) is 14.8. The molecule has 1 N–H and O–H groups in total. The van der Waals surface area contributed by atoms with E-state index in [9.17, 15) is 18.0 Å². The Hall–Kier alpha value is -2.29. The maximum atomic E-state index is 12.3. The molecule has 0 aromatic heterocycles. The number of benzene rings is 1. The highest BCUT2D eigenvalue weighted by Crippen LogP contribution is 2.24. The molecule has 3 rings (SSSR count). The topological polar surface area (TPSA) is 96.0 Å². The molecule has 0 saturated carbocycles. The van der Waals surface area contributed by atoms with Crippen LogP contribution in [0.15, 0.2) is 24.3 Å². The molecule has 1 aromatic rings. The molecule has 25 heavy (non-hydrogen) atoms. The monoisotopic (exact) mass is 367 g/mol. The average Bonchev–Trinajstić information content (AvgIpc) is 2.95. The first-order chi connectivity index (χ1) is 11.9. The first kappa shape index (κ1) is 17.5. The zero-order valence-electron chi connectivity index (χ0n) is 14.0. The van der Waals surface area contributed by atoms with Gasteiger partial charge in [0.15, 0.2) is 9.84 Å². The number of sulfone groups is 1. The summed E-state index contributed by atoms with van der Waals surface area (Å²) in [5.74, 6) is 0.626. The van der Waals surface area contributed by atoms with Gasteiger partial charge in [0.1, 0.15) is 5.75 Å². The Morgan fingerprint density at radius 1 is 1.20 bits per heavy atom. The van der Waals surface area contributed by atoms with Crippen molar-refractivity contribution in [1.29, 1.82) is 0 Å². The Bertz CT molecular complexity index is 748. The van der Waals surface area contributed by atoms with Crippen LogP contribution in [-0.4, -0.2) is 69.5 Å². The van der Waals surface area contributed by atoms with Crippen molar-refractivity contribution in [3.8, 4) is 5.75 Å². The van der Waals surface area contributed by atoms with Gasteiger partial charge in [-0.1, -0.05) is 0 Å². The quantitative estimate of drug-likeness (QED) is 0.826. The van der Waals surface area contributed by atoms with Crippen molar-refractivity contribution in [2.75, 3.05) is 43.1 Å². The second-order valence-corrected chi connectivity index (χ2v) is 8.50. The maximum Gasteiger partial charge on any atom is 0.317 e. The lowest BCUT2D eigenvalue weighted by atomic mass is 10.2. The van der Waals surface area contributed by atoms with Crippen molar-refractivity contribution < 1.29 is 22.7 Å². The Labute approximate surface area is 146 Å². The van der Waals surface area contributed by atoms with Gasteiger partial charge in [-0.25, -0.2) is 13.2 Å². The molecule has 8 nitrogen and oxygen atoms in total. The van der Waals surface area contributed by atoms with Crippen molar-refractivity contribution in [3.05, 3.63) is 24.3 Å². The summed E-state index contributed by atoms with van der Waals surface area (Å²) >= 11 is 0. The number of ether oxygens (including phenoxy) is 1. The van der Waals surface area contributed by atoms with E-state index >= 15 is 0 Å². The minimum Gasteiger partial charge on any atom is -0.497 e. The molecule has 2 fully saturated rings. The molecule has 3 amide bonds. The standard InChI is InChI=1S/C16H21N3O5S/c1-24-14-4-2-13(3-5-14)19-11-12(10-15(19)20)17-16(21)18-6-8-25(22,23)9-7-18/h2-5,12H,6-11H2,1H3,(H,17,21). The smallest absolute Gasteiger partial charge is 0.317 e. The molecular formula is C16H21N3O5S. The highest BCUT2D eigenvalue weighted by molar-refractivity contribution is 7.91. The average molecular weight is 367 g/mol. The lowest BCUT2D eigenvalue weighted by Crippen LogP contribution is -2.51. The Kier molecular flexibility index (Phi) is 4.85. The normalized spacial score (nSPS) is 22.8. The van der Waals surface area contributed by atoms with Gasteiger partial charge in [-0.2, -0.15) is 0 Å². The summed E-state index contributed by atoms with van der Waals surface area (Å²) < 4.78 is 28.0. The van der Waals surface area contributed by atoms with E-state index in [1.54, 1.807) is 36.3 Å². The van der Waals surface area contributed by atoms with Gasteiger partial charge in [-0.15, -0.1) is 0 Å². The molecule has 0 radical (unpaired) electrons. The molecule has 0 aliphatic carbocycles. The third-order valence-electron chi connectivity index (χ3n) is 4.47. The zero-order chi connectivity index (χ0) is 18.0. The van der Waals surface area contributed by atoms with E-state index in [1.807, 2.05) is 0 Å². The highest BCUT2D eigenvalue weighted by atomic mass is 32.2. The third-order valence-corrected chi connectivity index (χ3v) is 6.08. The number of carbonyl (C=O) groups is 2. The second kappa shape index (κ2) is 6.91. The molecule has 2 saturated heterocycles. The van der Waals surface area contributed by atoms with Crippen molar-refractivity contribution in [1.82, 2.24) is 10.2 Å². The summed E-state index contributed by atoms with van der Waals surface area (Å²) in [4.78, 5) is 27.6. The van der Waals surface area contributed by atoms with Crippen molar-refractivity contribution in [2.24, 2.45) is 0 Å². The third kappa shape index (κ3) is 4.04. The number of rotatable bonds is 3. The number of anilines is 1. The van der Waals surface area contributed by atoms with E-state index in [1.165, 1.54) is 4.90 Å². The number of hydrogen-bond donors (Lipinski definition) is 1. The van der Waals surface area contributed by atoms with Crippen LogP contribution >= 0.6 is 0 Å². The number of methoxy groups -OCH3 is 1. The molecule has 1 aromatic carbocycles. The van der Waals surface area contributed by atoms with E-state index in [0.29, 0.717) is 12.3 Å². The fourth-order valence-corrected chi connectivity index (χ4v) is 4.20. The van der Waals surface area contributed by atoms with Crippen molar-refractivity contribution in [3.63, 3.8) is 0 Å². The van der Waals surface area contributed by atoms with Gasteiger partial charge in [-0.05, 0) is 24.3 Å². The van der Waals surface area contributed by atoms with Gasteiger partial charge in [0.05, 0.1) is 24.7 Å². The number of hydrogen-bond acceptors (Lipinski definition) is 5. The molecule has 0 bridgehead atoms. The van der Waals surface area contributed by atoms with Crippen LogP contribution in [0.5, 0.6) is 5.75 Å². The fourth-order valence-electron chi connectivity index (χ4n) is 3.00. The lowest BCUT2D eigenvalue weighted by molar-refractivity contribution is -0.117. The number of nitrogens with one attached hydrogen (secondary N) is 1. The Morgan fingerprint density at radius 3 is 2.44 bits per heavy atom. The van der Waals surface area contributed by atoms with E-state index in [2.05, 4.69) is 5.32 Å². The predicted molar refractivity (Wildman–Crippen MR) is 92.5 cm³/mol. The summed E-state index contributed by atoms with van der Waals surface area (Å²) in [5.41, 5.74) is 0.756. The lowest BCUT2D eigenvalue weighted by Gasteiger charge is -2.28. The van der Waals surface area contributed by atoms with Gasteiger partial charge in [0.2, 0.25) is 5.91 Å². The van der Waals surface area contributed by atoms with Gasteiger partial charge < -0.3 is 19.9 Å². The molecule has 2 aliphatic heterocycles. The summed E-state index contributed by atoms with van der Waals surface area (Å²) in [6.07, 6.45) is 0.226. The van der Waals surface area contributed by atoms with Gasteiger partial charge >= 0.3 is 6.03 Å². The number of carbonyl (C=O) groups excluding carboxylic acids is 2. The molecule has 2 aliphatic rings. The van der Waals surface area contributed by atoms with Crippen molar-refractivity contribution in [2.45, 2.75) is 12.5 Å². The summed E-state index contributed by atoms with van der Waals surface area (Å²) in [6, 6.07) is 6.56. The highest BCUT2D eigenvalue weighted by Gasteiger charge is 2.33. The SMILES string of the molecule is COc1ccc(N2CC(NC(=O)N3CCS(=O)(=O)CC3)CC2=O)cc1. The fraction of sp³-hybridized carbons (Fsp3) is 0.500. The summed E-state index contributed by atoms with van der Waals surface area (Å²) in [5, 5.41) is 2.83. The number of nitrogens with zero attached hydrogens (tertiary/aromatic N) is 2.